The monoisotopic (exact) mass is 697 g/mol. The van der Waals surface area contributed by atoms with Crippen LogP contribution < -0.4 is 19.8 Å². The Balaban J connectivity index is 1.37. The molecule has 2 aliphatic rings. The van der Waals surface area contributed by atoms with E-state index in [0.29, 0.717) is 37.6 Å². The zero-order valence-corrected chi connectivity index (χ0v) is 27.5. The lowest BCUT2D eigenvalue weighted by molar-refractivity contribution is -0.122. The Labute approximate surface area is 281 Å². The number of fused-ring (bicyclic) bond motifs is 2. The van der Waals surface area contributed by atoms with Crippen molar-refractivity contribution in [2.24, 2.45) is 5.92 Å². The summed E-state index contributed by atoms with van der Waals surface area (Å²) in [5.74, 6) is -2.76. The number of nitrogens with zero attached hydrogens (tertiary/aromatic N) is 2. The summed E-state index contributed by atoms with van der Waals surface area (Å²) >= 11 is 14.1. The van der Waals surface area contributed by atoms with E-state index < -0.39 is 45.6 Å². The minimum absolute atomic E-state index is 0.212. The van der Waals surface area contributed by atoms with Gasteiger partial charge >= 0.3 is 10.8 Å². The van der Waals surface area contributed by atoms with Crippen LogP contribution in [0.5, 0.6) is 5.75 Å². The largest absolute Gasteiger partial charge is 0.497 e. The molecule has 1 N–H and O–H groups in total. The number of rotatable bonds is 8. The Morgan fingerprint density at radius 2 is 1.65 bits per heavy atom. The predicted molar refractivity (Wildman–Crippen MR) is 177 cm³/mol. The first-order valence-corrected chi connectivity index (χ1v) is 16.5. The van der Waals surface area contributed by atoms with Crippen LogP contribution in [-0.4, -0.2) is 47.2 Å². The van der Waals surface area contributed by atoms with Crippen LogP contribution in [0.15, 0.2) is 76.6 Å². The number of hydrogen-bond donors (Lipinski definition) is 1. The van der Waals surface area contributed by atoms with Gasteiger partial charge in [0.25, 0.3) is 0 Å². The van der Waals surface area contributed by atoms with Crippen molar-refractivity contribution < 1.29 is 28.7 Å². The van der Waals surface area contributed by atoms with Gasteiger partial charge in [0, 0.05) is 16.5 Å². The summed E-state index contributed by atoms with van der Waals surface area (Å²) in [5, 5.41) is 2.89. The molecule has 4 aromatic rings. The molecular weight excluding hydrogens is 673 g/mol. The predicted octanol–water partition coefficient (Wildman–Crippen LogP) is 5.84. The molecular formula is C32H25Cl2N3O7S2. The van der Waals surface area contributed by atoms with Gasteiger partial charge in [0.15, 0.2) is 0 Å². The molecule has 0 bridgehead atoms. The van der Waals surface area contributed by atoms with Crippen molar-refractivity contribution in [2.75, 3.05) is 23.9 Å². The summed E-state index contributed by atoms with van der Waals surface area (Å²) in [7, 11) is 1.54. The molecule has 3 unspecified atom stereocenters. The lowest BCUT2D eigenvalue weighted by atomic mass is 9.83. The topological polar surface area (TPSA) is 124 Å². The van der Waals surface area contributed by atoms with Crippen molar-refractivity contribution in [1.82, 2.24) is 4.57 Å². The van der Waals surface area contributed by atoms with Crippen LogP contribution in [0.2, 0.25) is 10.0 Å². The molecule has 0 saturated carbocycles. The minimum atomic E-state index is -0.879. The zero-order valence-electron chi connectivity index (χ0n) is 24.3. The lowest BCUT2D eigenvalue weighted by Gasteiger charge is -2.30. The standard InChI is InChI=1S/C32H25Cl2N3O7S2/c1-3-44-31(41)17-4-9-19(10-5-17)37-28(39)25-24(16-6-11-20(43-2)12-7-16)27-30(45-26(25)29(37)40)36(32(42)46-27)15-23(38)35-18-8-13-21(33)22(34)14-18/h4-14,24-26H,3,15H2,1-2H3,(H,35,38). The van der Waals surface area contributed by atoms with E-state index in [0.717, 1.165) is 28.0 Å². The van der Waals surface area contributed by atoms with Crippen molar-refractivity contribution in [3.8, 4) is 5.75 Å². The first-order valence-electron chi connectivity index (χ1n) is 14.0. The highest BCUT2D eigenvalue weighted by molar-refractivity contribution is 8.00. The number of thioether (sulfide) groups is 1. The number of esters is 1. The molecule has 1 aromatic heterocycles. The number of thiazole rings is 1. The summed E-state index contributed by atoms with van der Waals surface area (Å²) < 4.78 is 11.7. The SMILES string of the molecule is CCOC(=O)c1ccc(N2C(=O)C3Sc4c(sc(=O)n4CC(=O)Nc4ccc(Cl)c(Cl)c4)C(c4ccc(OC)cc4)C3C2=O)cc1. The normalized spacial score (nSPS) is 18.6. The number of nitrogens with one attached hydrogen (secondary N) is 1. The average Bonchev–Trinajstić information content (AvgIpc) is 3.49. The Hall–Kier alpha value is -4.10. The highest BCUT2D eigenvalue weighted by Gasteiger charge is 2.56. The number of carbonyl (C=O) groups is 4. The molecule has 0 radical (unpaired) electrons. The molecule has 0 aliphatic carbocycles. The van der Waals surface area contributed by atoms with Crippen LogP contribution in [0.25, 0.3) is 0 Å². The Morgan fingerprint density at radius 1 is 0.935 bits per heavy atom. The van der Waals surface area contributed by atoms with Crippen molar-refractivity contribution in [2.45, 2.75) is 29.7 Å². The first-order chi connectivity index (χ1) is 22.1. The van der Waals surface area contributed by atoms with Gasteiger partial charge in [0.1, 0.15) is 17.5 Å². The van der Waals surface area contributed by atoms with Crippen molar-refractivity contribution in [3.05, 3.63) is 102 Å². The number of carbonyl (C=O) groups excluding carboxylic acids is 4. The van der Waals surface area contributed by atoms with E-state index in [1.165, 1.54) is 34.9 Å². The van der Waals surface area contributed by atoms with Crippen molar-refractivity contribution in [1.29, 1.82) is 0 Å². The average molecular weight is 699 g/mol. The van der Waals surface area contributed by atoms with Gasteiger partial charge in [0.05, 0.1) is 46.0 Å². The van der Waals surface area contributed by atoms with E-state index in [2.05, 4.69) is 5.32 Å². The van der Waals surface area contributed by atoms with Gasteiger partial charge in [-0.05, 0) is 67.1 Å². The van der Waals surface area contributed by atoms with Crippen LogP contribution in [0.4, 0.5) is 11.4 Å². The van der Waals surface area contributed by atoms with Crippen LogP contribution in [-0.2, 0) is 25.7 Å². The van der Waals surface area contributed by atoms with Crippen molar-refractivity contribution in [3.63, 3.8) is 0 Å². The number of amides is 3. The van der Waals surface area contributed by atoms with Gasteiger partial charge in [-0.3, -0.25) is 23.7 Å². The fourth-order valence-electron chi connectivity index (χ4n) is 5.56. The molecule has 10 nitrogen and oxygen atoms in total. The number of ether oxygens (including phenoxy) is 2. The smallest absolute Gasteiger partial charge is 0.338 e. The van der Waals surface area contributed by atoms with E-state index in [4.69, 9.17) is 32.7 Å². The molecule has 2 aliphatic heterocycles. The maximum Gasteiger partial charge on any atom is 0.338 e. The number of anilines is 2. The van der Waals surface area contributed by atoms with Gasteiger partial charge < -0.3 is 14.8 Å². The van der Waals surface area contributed by atoms with Crippen molar-refractivity contribution >= 4 is 81.4 Å². The maximum atomic E-state index is 14.1. The molecule has 1 fully saturated rings. The van der Waals surface area contributed by atoms with E-state index in [1.54, 1.807) is 50.4 Å². The van der Waals surface area contributed by atoms with E-state index >= 15 is 0 Å². The van der Waals surface area contributed by atoms with E-state index in [9.17, 15) is 24.0 Å². The fraction of sp³-hybridized carbons (Fsp3) is 0.219. The van der Waals surface area contributed by atoms with Gasteiger partial charge in [-0.15, -0.1) is 0 Å². The number of methoxy groups -OCH3 is 1. The maximum absolute atomic E-state index is 14.1. The number of hydrogen-bond acceptors (Lipinski definition) is 9. The Morgan fingerprint density at radius 3 is 2.30 bits per heavy atom. The second kappa shape index (κ2) is 13.0. The van der Waals surface area contributed by atoms with Gasteiger partial charge in [-0.1, -0.05) is 58.4 Å². The first kappa shape index (κ1) is 31.9. The van der Waals surface area contributed by atoms with Gasteiger partial charge in [-0.25, -0.2) is 9.69 Å². The van der Waals surface area contributed by atoms with Crippen LogP contribution >= 0.6 is 46.3 Å². The number of halogens is 2. The Kier molecular flexibility index (Phi) is 8.97. The second-order valence-electron chi connectivity index (χ2n) is 10.4. The highest BCUT2D eigenvalue weighted by Crippen LogP contribution is 2.54. The molecule has 0 spiro atoms. The third kappa shape index (κ3) is 5.81. The highest BCUT2D eigenvalue weighted by atomic mass is 35.5. The summed E-state index contributed by atoms with van der Waals surface area (Å²) in [4.78, 5) is 68.1. The van der Waals surface area contributed by atoms with Gasteiger partial charge in [-0.2, -0.15) is 0 Å². The molecule has 3 heterocycles. The second-order valence-corrected chi connectivity index (χ2v) is 13.3. The van der Waals surface area contributed by atoms with E-state index in [-0.39, 0.29) is 23.7 Å². The number of aromatic nitrogens is 1. The molecule has 236 valence electrons. The minimum Gasteiger partial charge on any atom is -0.497 e. The number of imide groups is 1. The summed E-state index contributed by atoms with van der Waals surface area (Å²) in [6, 6.07) is 17.8. The lowest BCUT2D eigenvalue weighted by Crippen LogP contribution is -2.33. The van der Waals surface area contributed by atoms with Crippen LogP contribution in [0, 0.1) is 5.92 Å². The molecule has 3 aromatic carbocycles. The molecule has 3 amide bonds. The molecule has 46 heavy (non-hydrogen) atoms. The van der Waals surface area contributed by atoms with Crippen LogP contribution in [0.3, 0.4) is 0 Å². The summed E-state index contributed by atoms with van der Waals surface area (Å²) in [6.07, 6.45) is 0. The summed E-state index contributed by atoms with van der Waals surface area (Å²) in [6.45, 7) is 1.59. The molecule has 1 saturated heterocycles. The number of benzene rings is 3. The van der Waals surface area contributed by atoms with Gasteiger partial charge in [0.2, 0.25) is 17.7 Å². The summed E-state index contributed by atoms with van der Waals surface area (Å²) in [5.41, 5.74) is 1.72. The molecule has 6 rings (SSSR count). The molecule has 3 atom stereocenters. The fourth-order valence-corrected chi connectivity index (χ4v) is 8.63. The third-order valence-electron chi connectivity index (χ3n) is 7.67. The molecule has 14 heteroatoms. The van der Waals surface area contributed by atoms with Crippen LogP contribution in [0.1, 0.15) is 33.6 Å². The van der Waals surface area contributed by atoms with E-state index in [1.807, 2.05) is 0 Å². The Bertz CT molecular complexity index is 1930. The quantitative estimate of drug-likeness (QED) is 0.180. The zero-order chi connectivity index (χ0) is 32.7. The third-order valence-corrected chi connectivity index (χ3v) is 11.0.